The summed E-state index contributed by atoms with van der Waals surface area (Å²) in [6.07, 6.45) is 0. The summed E-state index contributed by atoms with van der Waals surface area (Å²) in [4.78, 5) is 4.55. The molecule has 19 heavy (non-hydrogen) atoms. The van der Waals surface area contributed by atoms with Crippen molar-refractivity contribution in [3.05, 3.63) is 36.0 Å². The van der Waals surface area contributed by atoms with Crippen LogP contribution < -0.4 is 10.6 Å². The van der Waals surface area contributed by atoms with Gasteiger partial charge in [0.1, 0.15) is 0 Å². The molecule has 2 heterocycles. The first-order valence-corrected chi connectivity index (χ1v) is 6.74. The average Bonchev–Trinajstić information content (AvgIpc) is 2.45. The minimum Gasteiger partial charge on any atom is -0.383 e. The number of hydrogen-bond acceptors (Lipinski definition) is 4. The zero-order valence-electron chi connectivity index (χ0n) is 11.1. The first-order valence-electron chi connectivity index (χ1n) is 6.74. The predicted octanol–water partition coefficient (Wildman–Crippen LogP) is 1.94. The molecule has 0 radical (unpaired) electrons. The zero-order chi connectivity index (χ0) is 13.1. The van der Waals surface area contributed by atoms with Crippen molar-refractivity contribution in [2.75, 3.05) is 31.6 Å². The van der Waals surface area contributed by atoms with Gasteiger partial charge in [-0.3, -0.25) is 4.98 Å². The Hall–Kier alpha value is -1.65. The van der Waals surface area contributed by atoms with Gasteiger partial charge in [-0.15, -0.1) is 0 Å². The summed E-state index contributed by atoms with van der Waals surface area (Å²) in [5.41, 5.74) is 3.22. The Labute approximate surface area is 113 Å². The Kier molecular flexibility index (Phi) is 3.62. The SMILES string of the molecule is Cc1cc(NCC2COCCN2)c2ccccc2n1. The van der Waals surface area contributed by atoms with Crippen LogP contribution in [0, 0.1) is 6.92 Å². The minimum atomic E-state index is 0.376. The van der Waals surface area contributed by atoms with E-state index in [-0.39, 0.29) is 0 Å². The van der Waals surface area contributed by atoms with Gasteiger partial charge in [0.05, 0.1) is 18.7 Å². The van der Waals surface area contributed by atoms with Crippen molar-refractivity contribution in [1.29, 1.82) is 0 Å². The molecule has 0 amide bonds. The fourth-order valence-corrected chi connectivity index (χ4v) is 2.44. The van der Waals surface area contributed by atoms with Crippen molar-refractivity contribution >= 4 is 16.6 Å². The van der Waals surface area contributed by atoms with Crippen molar-refractivity contribution in [3.63, 3.8) is 0 Å². The summed E-state index contributed by atoms with van der Waals surface area (Å²) in [5, 5.41) is 8.14. The topological polar surface area (TPSA) is 46.2 Å². The number of benzene rings is 1. The van der Waals surface area contributed by atoms with Gasteiger partial charge < -0.3 is 15.4 Å². The van der Waals surface area contributed by atoms with Crippen molar-refractivity contribution in [2.45, 2.75) is 13.0 Å². The molecule has 2 aromatic rings. The predicted molar refractivity (Wildman–Crippen MR) is 77.6 cm³/mol. The normalized spacial score (nSPS) is 19.5. The monoisotopic (exact) mass is 257 g/mol. The molecule has 1 saturated heterocycles. The van der Waals surface area contributed by atoms with Crippen molar-refractivity contribution in [1.82, 2.24) is 10.3 Å². The Morgan fingerprint density at radius 2 is 2.32 bits per heavy atom. The molecule has 1 aromatic carbocycles. The van der Waals surface area contributed by atoms with E-state index in [0.29, 0.717) is 6.04 Å². The Balaban J connectivity index is 1.79. The Morgan fingerprint density at radius 1 is 1.42 bits per heavy atom. The van der Waals surface area contributed by atoms with Crippen LogP contribution in [0.4, 0.5) is 5.69 Å². The van der Waals surface area contributed by atoms with Crippen LogP contribution in [-0.2, 0) is 4.74 Å². The number of morpholine rings is 1. The lowest BCUT2D eigenvalue weighted by molar-refractivity contribution is 0.0807. The fourth-order valence-electron chi connectivity index (χ4n) is 2.44. The largest absolute Gasteiger partial charge is 0.383 e. The molecule has 1 aromatic heterocycles. The third-order valence-corrected chi connectivity index (χ3v) is 3.38. The molecule has 1 aliphatic rings. The van der Waals surface area contributed by atoms with Gasteiger partial charge >= 0.3 is 0 Å². The van der Waals surface area contributed by atoms with Crippen molar-refractivity contribution < 1.29 is 4.74 Å². The van der Waals surface area contributed by atoms with Gasteiger partial charge in [0, 0.05) is 35.9 Å². The molecule has 100 valence electrons. The van der Waals surface area contributed by atoms with Gasteiger partial charge in [-0.1, -0.05) is 18.2 Å². The van der Waals surface area contributed by atoms with Crippen LogP contribution in [0.3, 0.4) is 0 Å². The molecule has 4 heteroatoms. The first-order chi connectivity index (χ1) is 9.33. The lowest BCUT2D eigenvalue weighted by Crippen LogP contribution is -2.45. The number of nitrogens with one attached hydrogen (secondary N) is 2. The second-order valence-electron chi connectivity index (χ2n) is 4.94. The number of aryl methyl sites for hydroxylation is 1. The number of anilines is 1. The number of nitrogens with zero attached hydrogens (tertiary/aromatic N) is 1. The summed E-state index contributed by atoms with van der Waals surface area (Å²) in [6, 6.07) is 10.7. The van der Waals surface area contributed by atoms with E-state index in [4.69, 9.17) is 4.74 Å². The van der Waals surface area contributed by atoms with Crippen LogP contribution in [0.15, 0.2) is 30.3 Å². The highest BCUT2D eigenvalue weighted by Gasteiger charge is 2.13. The van der Waals surface area contributed by atoms with Crippen LogP contribution in [0.2, 0.25) is 0 Å². The molecular formula is C15H19N3O. The molecule has 0 spiro atoms. The molecule has 0 saturated carbocycles. The smallest absolute Gasteiger partial charge is 0.0725 e. The van der Waals surface area contributed by atoms with Gasteiger partial charge in [-0.2, -0.15) is 0 Å². The van der Waals surface area contributed by atoms with Crippen LogP contribution in [-0.4, -0.2) is 37.3 Å². The maximum atomic E-state index is 5.47. The summed E-state index contributed by atoms with van der Waals surface area (Å²) >= 11 is 0. The number of hydrogen-bond donors (Lipinski definition) is 2. The van der Waals surface area contributed by atoms with E-state index in [1.54, 1.807) is 0 Å². The van der Waals surface area contributed by atoms with Crippen LogP contribution in [0.1, 0.15) is 5.69 Å². The second kappa shape index (κ2) is 5.55. The molecule has 1 aliphatic heterocycles. The van der Waals surface area contributed by atoms with Crippen molar-refractivity contribution in [3.8, 4) is 0 Å². The lowest BCUT2D eigenvalue weighted by atomic mass is 10.1. The van der Waals surface area contributed by atoms with Gasteiger partial charge in [0.2, 0.25) is 0 Å². The van der Waals surface area contributed by atoms with Gasteiger partial charge in [-0.25, -0.2) is 0 Å². The van der Waals surface area contributed by atoms with E-state index in [9.17, 15) is 0 Å². The quantitative estimate of drug-likeness (QED) is 0.882. The fraction of sp³-hybridized carbons (Fsp3) is 0.400. The van der Waals surface area contributed by atoms with E-state index in [0.717, 1.165) is 43.2 Å². The van der Waals surface area contributed by atoms with Crippen LogP contribution in [0.25, 0.3) is 10.9 Å². The summed E-state index contributed by atoms with van der Waals surface area (Å²) < 4.78 is 5.47. The Bertz CT molecular complexity index is 564. The molecule has 2 N–H and O–H groups in total. The summed E-state index contributed by atoms with van der Waals surface area (Å²) in [7, 11) is 0. The third-order valence-electron chi connectivity index (χ3n) is 3.38. The van der Waals surface area contributed by atoms with E-state index in [1.165, 1.54) is 5.39 Å². The molecule has 1 unspecified atom stereocenters. The highest BCUT2D eigenvalue weighted by Crippen LogP contribution is 2.22. The zero-order valence-corrected chi connectivity index (χ0v) is 11.1. The number of fused-ring (bicyclic) bond motifs is 1. The van der Waals surface area contributed by atoms with E-state index < -0.39 is 0 Å². The highest BCUT2D eigenvalue weighted by molar-refractivity contribution is 5.91. The van der Waals surface area contributed by atoms with Gasteiger partial charge in [0.25, 0.3) is 0 Å². The average molecular weight is 257 g/mol. The maximum Gasteiger partial charge on any atom is 0.0725 e. The molecule has 1 atom stereocenters. The molecular weight excluding hydrogens is 238 g/mol. The standard InChI is InChI=1S/C15H19N3O/c1-11-8-15(13-4-2-3-5-14(13)18-11)17-9-12-10-19-7-6-16-12/h2-5,8,12,16H,6-7,9-10H2,1H3,(H,17,18). The first kappa shape index (κ1) is 12.4. The summed E-state index contributed by atoms with van der Waals surface area (Å²) in [6.45, 7) is 5.41. The van der Waals surface area contributed by atoms with Crippen LogP contribution in [0.5, 0.6) is 0 Å². The molecule has 0 aliphatic carbocycles. The van der Waals surface area contributed by atoms with Crippen molar-refractivity contribution in [2.24, 2.45) is 0 Å². The number of ether oxygens (including phenoxy) is 1. The number of pyridine rings is 1. The lowest BCUT2D eigenvalue weighted by Gasteiger charge is -2.24. The maximum absolute atomic E-state index is 5.47. The minimum absolute atomic E-state index is 0.376. The molecule has 1 fully saturated rings. The van der Waals surface area contributed by atoms with Gasteiger partial charge in [-0.05, 0) is 19.1 Å². The van der Waals surface area contributed by atoms with E-state index in [2.05, 4.69) is 33.8 Å². The van der Waals surface area contributed by atoms with E-state index in [1.807, 2.05) is 19.1 Å². The highest BCUT2D eigenvalue weighted by atomic mass is 16.5. The summed E-state index contributed by atoms with van der Waals surface area (Å²) in [5.74, 6) is 0. The number of aromatic nitrogens is 1. The molecule has 3 rings (SSSR count). The molecule has 0 bridgehead atoms. The third kappa shape index (κ3) is 2.85. The second-order valence-corrected chi connectivity index (χ2v) is 4.94. The van der Waals surface area contributed by atoms with E-state index >= 15 is 0 Å². The Morgan fingerprint density at radius 3 is 3.16 bits per heavy atom. The molecule has 4 nitrogen and oxygen atoms in total. The van der Waals surface area contributed by atoms with Crippen LogP contribution >= 0.6 is 0 Å². The van der Waals surface area contributed by atoms with Gasteiger partial charge in [0.15, 0.2) is 0 Å². The number of para-hydroxylation sites is 1. The number of rotatable bonds is 3.